The molecule has 8 nitrogen and oxygen atoms in total. The maximum absolute atomic E-state index is 9.80. The lowest BCUT2D eigenvalue weighted by Crippen LogP contribution is -1.95. The van der Waals surface area contributed by atoms with Crippen LogP contribution in [0.1, 0.15) is 23.9 Å². The number of hydrogen-bond acceptors (Lipinski definition) is 8. The summed E-state index contributed by atoms with van der Waals surface area (Å²) >= 11 is 1.43. The van der Waals surface area contributed by atoms with Gasteiger partial charge in [0.05, 0.1) is 34.3 Å². The van der Waals surface area contributed by atoms with Gasteiger partial charge in [-0.2, -0.15) is 10.4 Å². The number of benzene rings is 1. The third kappa shape index (κ3) is 3.53. The van der Waals surface area contributed by atoms with Crippen LogP contribution in [0.2, 0.25) is 0 Å². The van der Waals surface area contributed by atoms with Crippen LogP contribution in [0.3, 0.4) is 0 Å². The highest BCUT2D eigenvalue weighted by Crippen LogP contribution is 2.43. The van der Waals surface area contributed by atoms with E-state index in [4.69, 9.17) is 4.74 Å². The van der Waals surface area contributed by atoms with Crippen molar-refractivity contribution >= 4 is 33.6 Å². The van der Waals surface area contributed by atoms with Crippen LogP contribution in [0.5, 0.6) is 5.75 Å². The molecule has 0 atom stereocenters. The molecule has 0 aliphatic heterocycles. The summed E-state index contributed by atoms with van der Waals surface area (Å²) in [6, 6.07) is 9.95. The number of rotatable bonds is 6. The van der Waals surface area contributed by atoms with Gasteiger partial charge in [-0.1, -0.05) is 12.1 Å². The van der Waals surface area contributed by atoms with Crippen molar-refractivity contribution in [2.45, 2.75) is 13.8 Å². The Morgan fingerprint density at radius 2 is 2.17 bits per heavy atom. The number of hydrazone groups is 1. The van der Waals surface area contributed by atoms with Crippen LogP contribution in [-0.4, -0.2) is 32.8 Å². The van der Waals surface area contributed by atoms with E-state index in [9.17, 15) is 5.26 Å². The van der Waals surface area contributed by atoms with Crippen molar-refractivity contribution in [1.82, 2.24) is 19.9 Å². The lowest BCUT2D eigenvalue weighted by atomic mass is 10.1. The summed E-state index contributed by atoms with van der Waals surface area (Å²) in [5, 5.41) is 14.0. The number of thiophene rings is 1. The minimum atomic E-state index is 0.495. The number of fused-ring (bicyclic) bond motifs is 1. The number of hydrogen-bond donors (Lipinski definition) is 2. The smallest absolute Gasteiger partial charge is 0.167 e. The van der Waals surface area contributed by atoms with Gasteiger partial charge in [-0.3, -0.25) is 5.43 Å². The predicted molar refractivity (Wildman–Crippen MR) is 113 cm³/mol. The Labute approximate surface area is 170 Å². The monoisotopic (exact) mass is 403 g/mol. The van der Waals surface area contributed by atoms with Gasteiger partial charge in [0.25, 0.3) is 0 Å². The lowest BCUT2D eigenvalue weighted by Gasteiger charge is -2.08. The molecule has 0 amide bonds. The second kappa shape index (κ2) is 8.08. The zero-order valence-electron chi connectivity index (χ0n) is 15.8. The van der Waals surface area contributed by atoms with Crippen LogP contribution in [0.15, 0.2) is 42.0 Å². The van der Waals surface area contributed by atoms with Gasteiger partial charge in [0, 0.05) is 11.3 Å². The highest BCUT2D eigenvalue weighted by molar-refractivity contribution is 7.23. The van der Waals surface area contributed by atoms with Gasteiger partial charge >= 0.3 is 0 Å². The number of aryl methyl sites for hydroxylation is 1. The first-order valence-electron chi connectivity index (χ1n) is 8.91. The van der Waals surface area contributed by atoms with Crippen LogP contribution in [0.25, 0.3) is 20.7 Å². The first-order valence-corrected chi connectivity index (χ1v) is 9.73. The van der Waals surface area contributed by atoms with Crippen molar-refractivity contribution in [1.29, 1.82) is 5.26 Å². The summed E-state index contributed by atoms with van der Waals surface area (Å²) in [6.07, 6.45) is 4.65. The number of aromatic amines is 1. The minimum absolute atomic E-state index is 0.495. The summed E-state index contributed by atoms with van der Waals surface area (Å²) in [4.78, 5) is 16.6. The Morgan fingerprint density at radius 3 is 2.93 bits per heavy atom. The molecule has 1 aromatic carbocycles. The zero-order valence-corrected chi connectivity index (χ0v) is 16.6. The SMILES string of the molecule is CCOc1ccccc1-c1sc2c(NN=Cc3nc[nH]c3C)ncnc2c1C#N. The Kier molecular flexibility index (Phi) is 5.18. The van der Waals surface area contributed by atoms with Gasteiger partial charge < -0.3 is 9.72 Å². The molecular formula is C20H17N7OS. The molecule has 0 unspecified atom stereocenters. The van der Waals surface area contributed by atoms with Crippen LogP contribution in [-0.2, 0) is 0 Å². The van der Waals surface area contributed by atoms with E-state index in [-0.39, 0.29) is 0 Å². The number of nitriles is 1. The van der Waals surface area contributed by atoms with Crippen molar-refractivity contribution in [3.63, 3.8) is 0 Å². The number of nitrogens with one attached hydrogen (secondary N) is 2. The topological polar surface area (TPSA) is 112 Å². The van der Waals surface area contributed by atoms with Gasteiger partial charge in [0.15, 0.2) is 5.82 Å². The average Bonchev–Trinajstić information content (AvgIpc) is 3.32. The molecule has 0 radical (unpaired) electrons. The summed E-state index contributed by atoms with van der Waals surface area (Å²) in [6.45, 7) is 4.38. The van der Waals surface area contributed by atoms with Gasteiger partial charge in [0.2, 0.25) is 0 Å². The molecule has 9 heteroatoms. The van der Waals surface area contributed by atoms with Gasteiger partial charge in [0.1, 0.15) is 29.4 Å². The number of nitrogens with zero attached hydrogens (tertiary/aromatic N) is 5. The summed E-state index contributed by atoms with van der Waals surface area (Å²) in [5.41, 5.74) is 6.53. The quantitative estimate of drug-likeness (QED) is 0.370. The summed E-state index contributed by atoms with van der Waals surface area (Å²) in [5.74, 6) is 1.26. The average molecular weight is 403 g/mol. The van der Waals surface area contributed by atoms with E-state index in [0.29, 0.717) is 23.5 Å². The fourth-order valence-corrected chi connectivity index (χ4v) is 4.05. The number of anilines is 1. The fraction of sp³-hybridized carbons (Fsp3) is 0.150. The van der Waals surface area contributed by atoms with Crippen molar-refractivity contribution in [3.05, 3.63) is 53.9 Å². The highest BCUT2D eigenvalue weighted by Gasteiger charge is 2.20. The largest absolute Gasteiger partial charge is 0.493 e. The van der Waals surface area contributed by atoms with Gasteiger partial charge in [-0.05, 0) is 26.0 Å². The fourth-order valence-electron chi connectivity index (χ4n) is 2.87. The van der Waals surface area contributed by atoms with E-state index in [1.165, 1.54) is 17.7 Å². The highest BCUT2D eigenvalue weighted by atomic mass is 32.1. The minimum Gasteiger partial charge on any atom is -0.493 e. The van der Waals surface area contributed by atoms with E-state index in [1.807, 2.05) is 38.1 Å². The second-order valence-electron chi connectivity index (χ2n) is 6.03. The standard InChI is InChI=1S/C20H17N7OS/c1-3-28-16-7-5-4-6-13(16)18-14(8-21)17-19(29-18)20(25-11-24-17)27-26-9-15-12(2)22-10-23-15/h4-7,9-11H,3H2,1-2H3,(H,22,23)(H,24,25,27). The lowest BCUT2D eigenvalue weighted by molar-refractivity contribution is 0.341. The number of para-hydroxylation sites is 1. The van der Waals surface area contributed by atoms with Gasteiger partial charge in [-0.25, -0.2) is 15.0 Å². The van der Waals surface area contributed by atoms with E-state index in [0.717, 1.165) is 32.3 Å². The van der Waals surface area contributed by atoms with E-state index >= 15 is 0 Å². The van der Waals surface area contributed by atoms with E-state index < -0.39 is 0 Å². The molecule has 0 aliphatic rings. The van der Waals surface area contributed by atoms with E-state index in [1.54, 1.807) is 12.5 Å². The zero-order chi connectivity index (χ0) is 20.2. The van der Waals surface area contributed by atoms with Crippen LogP contribution in [0, 0.1) is 18.3 Å². The molecule has 0 fully saturated rings. The van der Waals surface area contributed by atoms with Crippen molar-refractivity contribution < 1.29 is 4.74 Å². The molecule has 29 heavy (non-hydrogen) atoms. The molecular weight excluding hydrogens is 386 g/mol. The van der Waals surface area contributed by atoms with Crippen LogP contribution in [0.4, 0.5) is 5.82 Å². The predicted octanol–water partition coefficient (Wildman–Crippen LogP) is 4.11. The molecule has 3 heterocycles. The summed E-state index contributed by atoms with van der Waals surface area (Å²) < 4.78 is 6.50. The molecule has 0 saturated carbocycles. The van der Waals surface area contributed by atoms with Gasteiger partial charge in [-0.15, -0.1) is 11.3 Å². The number of ether oxygens (including phenoxy) is 1. The molecule has 4 aromatic rings. The number of H-pyrrole nitrogens is 1. The number of imidazole rings is 1. The third-order valence-corrected chi connectivity index (χ3v) is 5.46. The molecule has 3 aromatic heterocycles. The van der Waals surface area contributed by atoms with Crippen LogP contribution >= 0.6 is 11.3 Å². The van der Waals surface area contributed by atoms with Crippen molar-refractivity contribution in [2.75, 3.05) is 12.0 Å². The Bertz CT molecular complexity index is 1240. The Hall–Kier alpha value is -3.77. The first-order chi connectivity index (χ1) is 14.2. The van der Waals surface area contributed by atoms with Crippen molar-refractivity contribution in [2.24, 2.45) is 5.10 Å². The maximum atomic E-state index is 9.80. The van der Waals surface area contributed by atoms with E-state index in [2.05, 4.69) is 36.5 Å². The molecule has 144 valence electrons. The maximum Gasteiger partial charge on any atom is 0.167 e. The molecule has 2 N–H and O–H groups in total. The normalized spacial score (nSPS) is 11.1. The third-order valence-electron chi connectivity index (χ3n) is 4.24. The Morgan fingerprint density at radius 1 is 1.31 bits per heavy atom. The molecule has 0 spiro atoms. The molecule has 0 saturated heterocycles. The first kappa shape index (κ1) is 18.6. The second-order valence-corrected chi connectivity index (χ2v) is 7.05. The van der Waals surface area contributed by atoms with Crippen molar-refractivity contribution in [3.8, 4) is 22.3 Å². The molecule has 0 aliphatic carbocycles. The number of aromatic nitrogens is 4. The summed E-state index contributed by atoms with van der Waals surface area (Å²) in [7, 11) is 0. The Balaban J connectivity index is 1.77. The molecule has 4 rings (SSSR count). The molecule has 0 bridgehead atoms. The van der Waals surface area contributed by atoms with Crippen LogP contribution < -0.4 is 10.2 Å².